The van der Waals surface area contributed by atoms with E-state index in [-0.39, 0.29) is 0 Å². The van der Waals surface area contributed by atoms with Gasteiger partial charge in [0.15, 0.2) is 0 Å². The maximum absolute atomic E-state index is 11.3. The molecule has 0 amide bonds. The molecule has 1 fully saturated rings. The Morgan fingerprint density at radius 3 is 2.71 bits per heavy atom. The molecule has 0 bridgehead atoms. The van der Waals surface area contributed by atoms with Gasteiger partial charge < -0.3 is 5.32 Å². The Bertz CT molecular complexity index is 550. The van der Waals surface area contributed by atoms with Gasteiger partial charge in [-0.25, -0.2) is 8.42 Å². The summed E-state index contributed by atoms with van der Waals surface area (Å²) >= 11 is 0. The summed E-state index contributed by atoms with van der Waals surface area (Å²) in [6.07, 6.45) is 6.68. The molecule has 0 spiro atoms. The molecule has 3 nitrogen and oxygen atoms in total. The Morgan fingerprint density at radius 1 is 1.33 bits per heavy atom. The van der Waals surface area contributed by atoms with Crippen LogP contribution in [0.3, 0.4) is 0 Å². The van der Waals surface area contributed by atoms with Gasteiger partial charge in [0.1, 0.15) is 9.84 Å². The van der Waals surface area contributed by atoms with Crippen LogP contribution in [0, 0.1) is 12.8 Å². The van der Waals surface area contributed by atoms with Crippen LogP contribution >= 0.6 is 0 Å². The number of nitrogens with one attached hydrogen (secondary N) is 1. The van der Waals surface area contributed by atoms with Gasteiger partial charge in [0.2, 0.25) is 0 Å². The van der Waals surface area contributed by atoms with Gasteiger partial charge >= 0.3 is 0 Å². The van der Waals surface area contributed by atoms with Gasteiger partial charge in [-0.2, -0.15) is 0 Å². The van der Waals surface area contributed by atoms with Gasteiger partial charge in [0.05, 0.1) is 0 Å². The van der Waals surface area contributed by atoms with Gasteiger partial charge in [0.25, 0.3) is 0 Å². The van der Waals surface area contributed by atoms with Gasteiger partial charge in [-0.15, -0.1) is 0 Å². The molecule has 4 heteroatoms. The molecular weight excluding hydrogens is 282 g/mol. The Labute approximate surface area is 129 Å². The first-order chi connectivity index (χ1) is 9.92. The summed E-state index contributed by atoms with van der Waals surface area (Å²) in [5.74, 6) is 0.829. The molecule has 1 aromatic carbocycles. The lowest BCUT2D eigenvalue weighted by Crippen LogP contribution is -2.26. The number of hydrogen-bond acceptors (Lipinski definition) is 3. The molecule has 0 saturated heterocycles. The van der Waals surface area contributed by atoms with E-state index in [0.717, 1.165) is 25.8 Å². The van der Waals surface area contributed by atoms with E-state index in [2.05, 4.69) is 36.5 Å². The Balaban J connectivity index is 1.87. The van der Waals surface area contributed by atoms with Crippen molar-refractivity contribution in [3.8, 4) is 0 Å². The zero-order chi connectivity index (χ0) is 15.3. The maximum Gasteiger partial charge on any atom is 0.147 e. The SMILES string of the molecule is Cc1cccc(CC(CCCS(C)(=O)=O)CNC2CC2)c1. The fourth-order valence-corrected chi connectivity index (χ4v) is 3.39. The number of benzene rings is 1. The number of aryl methyl sites for hydroxylation is 1. The van der Waals surface area contributed by atoms with E-state index >= 15 is 0 Å². The molecule has 118 valence electrons. The minimum Gasteiger partial charge on any atom is -0.314 e. The van der Waals surface area contributed by atoms with E-state index in [1.54, 1.807) is 0 Å². The topological polar surface area (TPSA) is 46.2 Å². The van der Waals surface area contributed by atoms with Crippen molar-refractivity contribution < 1.29 is 8.42 Å². The van der Waals surface area contributed by atoms with Gasteiger partial charge in [-0.3, -0.25) is 0 Å². The van der Waals surface area contributed by atoms with Crippen LogP contribution in [0.25, 0.3) is 0 Å². The highest BCUT2D eigenvalue weighted by atomic mass is 32.2. The zero-order valence-electron chi connectivity index (χ0n) is 13.1. The zero-order valence-corrected chi connectivity index (χ0v) is 14.0. The minimum absolute atomic E-state index is 0.306. The van der Waals surface area contributed by atoms with Crippen molar-refractivity contribution in [1.82, 2.24) is 5.32 Å². The molecule has 1 N–H and O–H groups in total. The van der Waals surface area contributed by atoms with Crippen LogP contribution in [0.5, 0.6) is 0 Å². The molecule has 1 aliphatic carbocycles. The van der Waals surface area contributed by atoms with E-state index in [1.807, 2.05) is 0 Å². The lowest BCUT2D eigenvalue weighted by atomic mass is 9.94. The van der Waals surface area contributed by atoms with Crippen molar-refractivity contribution >= 4 is 9.84 Å². The molecule has 0 heterocycles. The Kier molecular flexibility index (Phi) is 5.82. The summed E-state index contributed by atoms with van der Waals surface area (Å²) in [5.41, 5.74) is 2.65. The van der Waals surface area contributed by atoms with Gasteiger partial charge in [-0.1, -0.05) is 29.8 Å². The summed E-state index contributed by atoms with van der Waals surface area (Å²) in [6.45, 7) is 3.12. The van der Waals surface area contributed by atoms with Crippen LogP contribution in [-0.2, 0) is 16.3 Å². The molecule has 1 atom stereocenters. The Hall–Kier alpha value is -0.870. The average Bonchev–Trinajstić information content (AvgIpc) is 3.18. The molecule has 1 aliphatic rings. The van der Waals surface area contributed by atoms with E-state index in [4.69, 9.17) is 0 Å². The molecule has 2 rings (SSSR count). The third kappa shape index (κ3) is 7.09. The fraction of sp³-hybridized carbons (Fsp3) is 0.647. The highest BCUT2D eigenvalue weighted by molar-refractivity contribution is 7.90. The van der Waals surface area contributed by atoms with E-state index in [9.17, 15) is 8.42 Å². The summed E-state index contributed by atoms with van der Waals surface area (Å²) < 4.78 is 22.6. The molecule has 1 aromatic rings. The van der Waals surface area contributed by atoms with Crippen molar-refractivity contribution in [2.75, 3.05) is 18.6 Å². The third-order valence-corrected chi connectivity index (χ3v) is 5.04. The second-order valence-electron chi connectivity index (χ2n) is 6.51. The first-order valence-electron chi connectivity index (χ1n) is 7.89. The summed E-state index contributed by atoms with van der Waals surface area (Å²) in [7, 11) is -2.84. The minimum atomic E-state index is -2.84. The smallest absolute Gasteiger partial charge is 0.147 e. The Morgan fingerprint density at radius 2 is 2.10 bits per heavy atom. The first kappa shape index (κ1) is 16.5. The van der Waals surface area contributed by atoms with Crippen molar-refractivity contribution in [1.29, 1.82) is 0 Å². The molecule has 1 unspecified atom stereocenters. The second-order valence-corrected chi connectivity index (χ2v) is 8.77. The molecule has 21 heavy (non-hydrogen) atoms. The predicted octanol–water partition coefficient (Wildman–Crippen LogP) is 2.73. The lowest BCUT2D eigenvalue weighted by molar-refractivity contribution is 0.437. The first-order valence-corrected chi connectivity index (χ1v) is 9.95. The van der Waals surface area contributed by atoms with Crippen molar-refractivity contribution in [2.45, 2.75) is 45.1 Å². The highest BCUT2D eigenvalue weighted by Gasteiger charge is 2.22. The fourth-order valence-electron chi connectivity index (χ4n) is 2.70. The van der Waals surface area contributed by atoms with E-state index in [1.165, 1.54) is 30.2 Å². The number of hydrogen-bond donors (Lipinski definition) is 1. The van der Waals surface area contributed by atoms with E-state index in [0.29, 0.717) is 17.7 Å². The van der Waals surface area contributed by atoms with Crippen LogP contribution in [-0.4, -0.2) is 33.0 Å². The predicted molar refractivity (Wildman–Crippen MR) is 88.3 cm³/mol. The highest BCUT2D eigenvalue weighted by Crippen LogP contribution is 2.21. The standard InChI is InChI=1S/C17H27NO2S/c1-14-5-3-6-15(11-14)12-16(13-18-17-8-9-17)7-4-10-21(2,19)20/h3,5-6,11,16-18H,4,7-10,12-13H2,1-2H3. The monoisotopic (exact) mass is 309 g/mol. The number of sulfone groups is 1. The largest absolute Gasteiger partial charge is 0.314 e. The van der Waals surface area contributed by atoms with Crippen LogP contribution in [0.2, 0.25) is 0 Å². The normalized spacial score (nSPS) is 16.9. The van der Waals surface area contributed by atoms with Gasteiger partial charge in [0, 0.05) is 18.1 Å². The van der Waals surface area contributed by atoms with Crippen LogP contribution in [0.1, 0.15) is 36.8 Å². The van der Waals surface area contributed by atoms with Crippen LogP contribution in [0.15, 0.2) is 24.3 Å². The summed E-state index contributed by atoms with van der Waals surface area (Å²) in [5, 5.41) is 3.59. The molecule has 0 aliphatic heterocycles. The van der Waals surface area contributed by atoms with Crippen molar-refractivity contribution in [3.63, 3.8) is 0 Å². The van der Waals surface area contributed by atoms with Crippen molar-refractivity contribution in [3.05, 3.63) is 35.4 Å². The average molecular weight is 309 g/mol. The van der Waals surface area contributed by atoms with Crippen molar-refractivity contribution in [2.24, 2.45) is 5.92 Å². The lowest BCUT2D eigenvalue weighted by Gasteiger charge is -2.18. The molecule has 1 saturated carbocycles. The maximum atomic E-state index is 11.3. The summed E-state index contributed by atoms with van der Waals surface area (Å²) in [4.78, 5) is 0. The number of rotatable bonds is 9. The van der Waals surface area contributed by atoms with E-state index < -0.39 is 9.84 Å². The van der Waals surface area contributed by atoms with Crippen LogP contribution < -0.4 is 5.32 Å². The molecule has 0 aromatic heterocycles. The molecular formula is C17H27NO2S. The second kappa shape index (κ2) is 7.41. The quantitative estimate of drug-likeness (QED) is 0.763. The molecule has 0 radical (unpaired) electrons. The van der Waals surface area contributed by atoms with Gasteiger partial charge in [-0.05, 0) is 57.1 Å². The summed E-state index contributed by atoms with van der Waals surface area (Å²) in [6, 6.07) is 9.34. The van der Waals surface area contributed by atoms with Crippen LogP contribution in [0.4, 0.5) is 0 Å². The third-order valence-electron chi connectivity index (χ3n) is 4.01.